The summed E-state index contributed by atoms with van der Waals surface area (Å²) in [4.78, 5) is 11.7. The Bertz CT molecular complexity index is 1630. The second kappa shape index (κ2) is 11.5. The lowest BCUT2D eigenvalue weighted by molar-refractivity contribution is -0.166. The fraction of sp³-hybridized carbons (Fsp3) is 0.500. The van der Waals surface area contributed by atoms with E-state index in [1.807, 2.05) is 43.8 Å². The molecule has 2 saturated heterocycles. The van der Waals surface area contributed by atoms with Crippen LogP contribution < -0.4 is 14.8 Å². The van der Waals surface area contributed by atoms with Crippen LogP contribution in [-0.2, 0) is 11.3 Å². The molecule has 3 aliphatic rings. The minimum Gasteiger partial charge on any atom is -0.487 e. The van der Waals surface area contributed by atoms with E-state index in [0.717, 1.165) is 56.0 Å². The minimum absolute atomic E-state index is 0.0248. The van der Waals surface area contributed by atoms with Gasteiger partial charge in [0.25, 0.3) is 5.88 Å². The molecule has 14 heteroatoms. The third-order valence-electron chi connectivity index (χ3n) is 8.47. The van der Waals surface area contributed by atoms with Crippen LogP contribution in [0.1, 0.15) is 45.2 Å². The lowest BCUT2D eigenvalue weighted by atomic mass is 9.60. The molecule has 5 heterocycles. The van der Waals surface area contributed by atoms with Crippen molar-refractivity contribution in [2.45, 2.75) is 64.4 Å². The Hall–Kier alpha value is -4.61. The Labute approximate surface area is 254 Å². The van der Waals surface area contributed by atoms with Gasteiger partial charge in [0.2, 0.25) is 5.95 Å². The SMILES string of the molecule is CC(C)Oc1nn(C2CC3(C2)CN(C2COC2)C3)cc1Nc1ncc(-c2ccc(C#N)c(O[C@@H](C)Cn3cnnn3)c2)cn1. The molecule has 1 spiro atoms. The van der Waals surface area contributed by atoms with Gasteiger partial charge >= 0.3 is 0 Å². The molecule has 7 rings (SSSR count). The van der Waals surface area contributed by atoms with Crippen molar-refractivity contribution in [3.05, 3.63) is 48.7 Å². The van der Waals surface area contributed by atoms with Crippen LogP contribution in [0.25, 0.3) is 11.1 Å². The van der Waals surface area contributed by atoms with Gasteiger partial charge in [-0.3, -0.25) is 9.58 Å². The number of anilines is 2. The summed E-state index contributed by atoms with van der Waals surface area (Å²) in [5.41, 5.74) is 3.21. The molecule has 228 valence electrons. The number of benzene rings is 1. The Morgan fingerprint density at radius 3 is 2.55 bits per heavy atom. The summed E-state index contributed by atoms with van der Waals surface area (Å²) in [5.74, 6) is 1.45. The third-order valence-corrected chi connectivity index (χ3v) is 8.47. The van der Waals surface area contributed by atoms with Crippen LogP contribution in [0.4, 0.5) is 11.6 Å². The standard InChI is InChI=1S/C30H35N11O3/c1-19(2)43-28-26(13-41(36-28)24-7-30(8-24)16-39(17-30)25-14-42-15-25)35-29-32-10-23(11-33-29)21-4-5-22(9-31)27(6-21)44-20(3)12-40-18-34-37-38-40/h4-6,10-11,13,18-20,24-25H,7-8,12,14-17H2,1-3H3,(H,32,33,35)/t20-/m0/s1. The molecule has 4 aromatic rings. The number of aromatic nitrogens is 8. The molecule has 44 heavy (non-hydrogen) atoms. The van der Waals surface area contributed by atoms with Gasteiger partial charge in [-0.15, -0.1) is 10.2 Å². The highest BCUT2D eigenvalue weighted by atomic mass is 16.5. The van der Waals surface area contributed by atoms with Gasteiger partial charge in [0.1, 0.15) is 29.9 Å². The molecule has 3 fully saturated rings. The van der Waals surface area contributed by atoms with Gasteiger partial charge in [0.15, 0.2) is 0 Å². The molecule has 14 nitrogen and oxygen atoms in total. The monoisotopic (exact) mass is 597 g/mol. The lowest BCUT2D eigenvalue weighted by Gasteiger charge is -2.61. The van der Waals surface area contributed by atoms with Crippen molar-refractivity contribution in [2.75, 3.05) is 31.6 Å². The van der Waals surface area contributed by atoms with Crippen molar-refractivity contribution >= 4 is 11.6 Å². The largest absolute Gasteiger partial charge is 0.487 e. The second-order valence-corrected chi connectivity index (χ2v) is 12.4. The number of likely N-dealkylation sites (tertiary alicyclic amines) is 1. The number of hydrogen-bond donors (Lipinski definition) is 1. The normalized spacial score (nSPS) is 18.7. The maximum Gasteiger partial charge on any atom is 0.257 e. The number of tetrazole rings is 1. The van der Waals surface area contributed by atoms with Gasteiger partial charge in [-0.05, 0) is 67.2 Å². The summed E-state index contributed by atoms with van der Waals surface area (Å²) in [6, 6.07) is 8.58. The Morgan fingerprint density at radius 1 is 1.09 bits per heavy atom. The van der Waals surface area contributed by atoms with E-state index in [-0.39, 0.29) is 12.2 Å². The van der Waals surface area contributed by atoms with Crippen molar-refractivity contribution in [1.29, 1.82) is 5.26 Å². The average molecular weight is 598 g/mol. The molecule has 2 aliphatic heterocycles. The molecule has 1 atom stereocenters. The summed E-state index contributed by atoms with van der Waals surface area (Å²) in [7, 11) is 0. The molecular formula is C30H35N11O3. The summed E-state index contributed by atoms with van der Waals surface area (Å²) in [6.07, 6.45) is 8.96. The van der Waals surface area contributed by atoms with Gasteiger partial charge in [-0.1, -0.05) is 6.07 Å². The molecule has 0 amide bonds. The van der Waals surface area contributed by atoms with Crippen molar-refractivity contribution in [3.63, 3.8) is 0 Å². The molecule has 3 aromatic heterocycles. The molecule has 0 radical (unpaired) electrons. The van der Waals surface area contributed by atoms with Crippen LogP contribution in [0.15, 0.2) is 43.1 Å². The molecule has 1 N–H and O–H groups in total. The van der Waals surface area contributed by atoms with Gasteiger partial charge in [-0.25, -0.2) is 14.6 Å². The van der Waals surface area contributed by atoms with Gasteiger partial charge in [0.05, 0.1) is 49.7 Å². The van der Waals surface area contributed by atoms with Gasteiger partial charge in [0, 0.05) is 31.0 Å². The van der Waals surface area contributed by atoms with E-state index in [4.69, 9.17) is 19.3 Å². The zero-order valence-corrected chi connectivity index (χ0v) is 25.0. The predicted molar refractivity (Wildman–Crippen MR) is 158 cm³/mol. The van der Waals surface area contributed by atoms with Gasteiger partial charge in [-0.2, -0.15) is 5.26 Å². The molecule has 0 bridgehead atoms. The highest BCUT2D eigenvalue weighted by Gasteiger charge is 2.55. The van der Waals surface area contributed by atoms with Crippen molar-refractivity contribution in [2.24, 2.45) is 5.41 Å². The second-order valence-electron chi connectivity index (χ2n) is 12.4. The van der Waals surface area contributed by atoms with Gasteiger partial charge < -0.3 is 19.5 Å². The van der Waals surface area contributed by atoms with E-state index < -0.39 is 0 Å². The first kappa shape index (κ1) is 28.2. The topological polar surface area (TPSA) is 154 Å². The first-order chi connectivity index (χ1) is 21.4. The van der Waals surface area contributed by atoms with E-state index in [9.17, 15) is 5.26 Å². The predicted octanol–water partition coefficient (Wildman–Crippen LogP) is 3.23. The summed E-state index contributed by atoms with van der Waals surface area (Å²) >= 11 is 0. The van der Waals surface area contributed by atoms with Crippen LogP contribution in [0.3, 0.4) is 0 Å². The first-order valence-corrected chi connectivity index (χ1v) is 14.9. The molecule has 1 aliphatic carbocycles. The zero-order chi connectivity index (χ0) is 30.3. The number of nitriles is 1. The molecule has 1 saturated carbocycles. The van der Waals surface area contributed by atoms with E-state index in [2.05, 4.69) is 41.8 Å². The fourth-order valence-corrected chi connectivity index (χ4v) is 6.19. The van der Waals surface area contributed by atoms with Crippen molar-refractivity contribution in [3.8, 4) is 28.8 Å². The number of rotatable bonds is 11. The van der Waals surface area contributed by atoms with E-state index in [0.29, 0.717) is 47.2 Å². The molecule has 0 unspecified atom stereocenters. The van der Waals surface area contributed by atoms with Crippen molar-refractivity contribution < 1.29 is 14.2 Å². The van der Waals surface area contributed by atoms with E-state index in [1.54, 1.807) is 23.1 Å². The average Bonchev–Trinajstić information content (AvgIpc) is 3.58. The maximum absolute atomic E-state index is 9.62. The highest BCUT2D eigenvalue weighted by molar-refractivity contribution is 5.67. The van der Waals surface area contributed by atoms with Crippen LogP contribution in [0.5, 0.6) is 11.6 Å². The van der Waals surface area contributed by atoms with E-state index in [1.165, 1.54) is 6.33 Å². The van der Waals surface area contributed by atoms with Crippen LogP contribution >= 0.6 is 0 Å². The summed E-state index contributed by atoms with van der Waals surface area (Å²) in [6.45, 7) is 10.4. The summed E-state index contributed by atoms with van der Waals surface area (Å²) < 4.78 is 21.1. The molecular weight excluding hydrogens is 562 g/mol. The third kappa shape index (κ3) is 5.68. The van der Waals surface area contributed by atoms with E-state index >= 15 is 0 Å². The minimum atomic E-state index is -0.261. The number of nitrogens with zero attached hydrogens (tertiary/aromatic N) is 10. The van der Waals surface area contributed by atoms with Crippen LogP contribution in [-0.4, -0.2) is 89.4 Å². The quantitative estimate of drug-likeness (QED) is 0.270. The highest BCUT2D eigenvalue weighted by Crippen LogP contribution is 2.55. The number of ether oxygens (including phenoxy) is 3. The number of nitrogens with one attached hydrogen (secondary N) is 1. The zero-order valence-electron chi connectivity index (χ0n) is 25.0. The van der Waals surface area contributed by atoms with Crippen LogP contribution in [0.2, 0.25) is 0 Å². The Balaban J connectivity index is 1.02. The summed E-state index contributed by atoms with van der Waals surface area (Å²) in [5, 5.41) is 28.9. The Kier molecular flexibility index (Phi) is 7.35. The van der Waals surface area contributed by atoms with Crippen LogP contribution in [0, 0.1) is 16.7 Å². The smallest absolute Gasteiger partial charge is 0.257 e. The number of hydrogen-bond acceptors (Lipinski definition) is 12. The molecule has 1 aromatic carbocycles. The van der Waals surface area contributed by atoms with Crippen molar-refractivity contribution in [1.82, 2.24) is 44.9 Å². The Morgan fingerprint density at radius 2 is 1.89 bits per heavy atom. The fourth-order valence-electron chi connectivity index (χ4n) is 6.19. The maximum atomic E-state index is 9.62. The first-order valence-electron chi connectivity index (χ1n) is 14.9. The lowest BCUT2D eigenvalue weighted by Crippen LogP contribution is -2.68.